The summed E-state index contributed by atoms with van der Waals surface area (Å²) in [5, 5.41) is 21.1. The summed E-state index contributed by atoms with van der Waals surface area (Å²) >= 11 is 0. The number of rotatable bonds is 4. The Morgan fingerprint density at radius 1 is 1.39 bits per heavy atom. The molecule has 2 rings (SSSR count). The van der Waals surface area contributed by atoms with Gasteiger partial charge in [-0.3, -0.25) is 10.1 Å². The number of aliphatic hydroxyl groups excluding tert-OH is 1. The van der Waals surface area contributed by atoms with Crippen LogP contribution in [0.3, 0.4) is 0 Å². The number of nitro benzene ring substituents is 1. The van der Waals surface area contributed by atoms with Crippen LogP contribution >= 0.6 is 0 Å². The van der Waals surface area contributed by atoms with E-state index in [0.29, 0.717) is 11.3 Å². The maximum Gasteiger partial charge on any atom is 0.343 e. The summed E-state index contributed by atoms with van der Waals surface area (Å²) in [7, 11) is 2.53. The summed E-state index contributed by atoms with van der Waals surface area (Å²) in [4.78, 5) is 26.1. The van der Waals surface area contributed by atoms with Gasteiger partial charge in [-0.25, -0.2) is 9.79 Å². The first-order valence-electron chi connectivity index (χ1n) is 6.50. The first kappa shape index (κ1) is 16.2. The van der Waals surface area contributed by atoms with Crippen molar-refractivity contribution in [3.63, 3.8) is 0 Å². The first-order valence-corrected chi connectivity index (χ1v) is 6.50. The second-order valence-corrected chi connectivity index (χ2v) is 4.63. The molecule has 120 valence electrons. The van der Waals surface area contributed by atoms with Crippen molar-refractivity contribution in [3.8, 4) is 5.75 Å². The highest BCUT2D eigenvalue weighted by molar-refractivity contribution is 6.21. The minimum absolute atomic E-state index is 0.0261. The van der Waals surface area contributed by atoms with Gasteiger partial charge in [-0.1, -0.05) is 6.07 Å². The van der Waals surface area contributed by atoms with Crippen molar-refractivity contribution < 1.29 is 24.3 Å². The zero-order valence-corrected chi connectivity index (χ0v) is 12.7. The van der Waals surface area contributed by atoms with Crippen LogP contribution in [0.5, 0.6) is 5.75 Å². The molecule has 8 nitrogen and oxygen atoms in total. The Labute approximate surface area is 131 Å². The molecule has 1 aliphatic heterocycles. The highest BCUT2D eigenvalue weighted by atomic mass is 16.6. The number of aliphatic imine (C=N–C) groups is 1. The third kappa shape index (κ3) is 3.05. The number of hydrogen-bond donors (Lipinski definition) is 1. The zero-order valence-electron chi connectivity index (χ0n) is 12.7. The minimum atomic E-state index is -0.701. The Morgan fingerprint density at radius 2 is 2.09 bits per heavy atom. The maximum atomic E-state index is 11.6. The summed E-state index contributed by atoms with van der Waals surface area (Å²) < 4.78 is 9.51. The van der Waals surface area contributed by atoms with E-state index in [0.717, 1.165) is 0 Å². The molecule has 0 aromatic heterocycles. The van der Waals surface area contributed by atoms with Gasteiger partial charge in [0, 0.05) is 6.07 Å². The van der Waals surface area contributed by atoms with Crippen LogP contribution in [-0.4, -0.2) is 35.9 Å². The number of esters is 1. The van der Waals surface area contributed by atoms with Gasteiger partial charge >= 0.3 is 11.7 Å². The first-order chi connectivity index (χ1) is 10.9. The van der Waals surface area contributed by atoms with Crippen LogP contribution in [0.4, 0.5) is 5.69 Å². The molecule has 0 saturated carbocycles. The third-order valence-corrected chi connectivity index (χ3v) is 3.22. The topological polar surface area (TPSA) is 111 Å². The Hall–Kier alpha value is -3.16. The Bertz CT molecular complexity index is 776. The number of benzene rings is 1. The predicted molar refractivity (Wildman–Crippen MR) is 82.4 cm³/mol. The van der Waals surface area contributed by atoms with Crippen LogP contribution in [-0.2, 0) is 9.53 Å². The summed E-state index contributed by atoms with van der Waals surface area (Å²) in [5.74, 6) is -0.904. The lowest BCUT2D eigenvalue weighted by atomic mass is 10.1. The third-order valence-electron chi connectivity index (χ3n) is 3.22. The fraction of sp³-hybridized carbons (Fsp3) is 0.200. The van der Waals surface area contributed by atoms with E-state index in [1.54, 1.807) is 13.0 Å². The number of nitrogens with zero attached hydrogens (tertiary/aromatic N) is 2. The lowest BCUT2D eigenvalue weighted by Crippen LogP contribution is -2.11. The largest absolute Gasteiger partial charge is 0.505 e. The summed E-state index contributed by atoms with van der Waals surface area (Å²) in [6.45, 7) is 1.56. The van der Waals surface area contributed by atoms with E-state index in [9.17, 15) is 20.0 Å². The SMILES string of the molecule is COC(=O)C1=C(O)/C(=C\c2ccc(OC)c([N+](=O)[O-])c2)N=C1C. The summed E-state index contributed by atoms with van der Waals surface area (Å²) in [6.07, 6.45) is 1.43. The number of hydrogen-bond acceptors (Lipinski definition) is 7. The van der Waals surface area contributed by atoms with Gasteiger partial charge in [-0.05, 0) is 24.6 Å². The molecule has 0 amide bonds. The molecular weight excluding hydrogens is 304 g/mol. The van der Waals surface area contributed by atoms with Crippen molar-refractivity contribution >= 4 is 23.4 Å². The molecule has 0 aliphatic carbocycles. The van der Waals surface area contributed by atoms with Crippen molar-refractivity contribution in [3.05, 3.63) is 50.9 Å². The molecule has 1 heterocycles. The summed E-state index contributed by atoms with van der Waals surface area (Å²) in [6, 6.07) is 4.31. The van der Waals surface area contributed by atoms with Crippen molar-refractivity contribution in [2.24, 2.45) is 4.99 Å². The van der Waals surface area contributed by atoms with Crippen LogP contribution in [0.15, 0.2) is 40.2 Å². The van der Waals surface area contributed by atoms with Crippen LogP contribution in [0, 0.1) is 10.1 Å². The molecule has 0 bridgehead atoms. The van der Waals surface area contributed by atoms with Gasteiger partial charge in [-0.2, -0.15) is 0 Å². The van der Waals surface area contributed by atoms with Gasteiger partial charge in [0.2, 0.25) is 0 Å². The molecule has 1 aromatic carbocycles. The van der Waals surface area contributed by atoms with E-state index in [1.165, 1.54) is 32.4 Å². The van der Waals surface area contributed by atoms with E-state index in [2.05, 4.69) is 9.73 Å². The van der Waals surface area contributed by atoms with Gasteiger partial charge in [0.25, 0.3) is 0 Å². The van der Waals surface area contributed by atoms with Crippen molar-refractivity contribution in [1.82, 2.24) is 0 Å². The highest BCUT2D eigenvalue weighted by Gasteiger charge is 2.27. The fourth-order valence-electron chi connectivity index (χ4n) is 2.13. The Morgan fingerprint density at radius 3 is 2.65 bits per heavy atom. The molecule has 0 spiro atoms. The van der Waals surface area contributed by atoms with Gasteiger partial charge in [0.1, 0.15) is 11.3 Å². The quantitative estimate of drug-likeness (QED) is 0.518. The average molecular weight is 318 g/mol. The molecule has 8 heteroatoms. The van der Waals surface area contributed by atoms with E-state index < -0.39 is 10.9 Å². The lowest BCUT2D eigenvalue weighted by molar-refractivity contribution is -0.385. The molecule has 0 atom stereocenters. The van der Waals surface area contributed by atoms with Crippen molar-refractivity contribution in [2.75, 3.05) is 14.2 Å². The van der Waals surface area contributed by atoms with Gasteiger partial charge in [0.05, 0.1) is 24.9 Å². The number of methoxy groups -OCH3 is 2. The van der Waals surface area contributed by atoms with Crippen molar-refractivity contribution in [1.29, 1.82) is 0 Å². The standard InChI is InChI=1S/C15H14N2O6/c1-8-13(15(19)23-3)14(18)10(16-8)6-9-4-5-12(22-2)11(7-9)17(20)21/h4-7,18H,1-3H3/b10-6+. The molecule has 0 saturated heterocycles. The molecule has 23 heavy (non-hydrogen) atoms. The molecule has 1 aliphatic rings. The maximum absolute atomic E-state index is 11.6. The number of nitro groups is 1. The van der Waals surface area contributed by atoms with Crippen LogP contribution < -0.4 is 4.74 Å². The number of carbonyl (C=O) groups is 1. The molecule has 1 N–H and O–H groups in total. The second kappa shape index (κ2) is 6.30. The van der Waals surface area contributed by atoms with E-state index in [1.807, 2.05) is 0 Å². The lowest BCUT2D eigenvalue weighted by Gasteiger charge is -2.03. The molecular formula is C15H14N2O6. The number of ether oxygens (including phenoxy) is 2. The molecule has 0 unspecified atom stereocenters. The average Bonchev–Trinajstić information content (AvgIpc) is 2.80. The second-order valence-electron chi connectivity index (χ2n) is 4.63. The highest BCUT2D eigenvalue weighted by Crippen LogP contribution is 2.31. The van der Waals surface area contributed by atoms with E-state index >= 15 is 0 Å². The predicted octanol–water partition coefficient (Wildman–Crippen LogP) is 2.40. The minimum Gasteiger partial charge on any atom is -0.505 e. The van der Waals surface area contributed by atoms with Crippen molar-refractivity contribution in [2.45, 2.75) is 6.92 Å². The molecule has 0 fully saturated rings. The number of aliphatic hydroxyl groups is 1. The summed E-state index contributed by atoms with van der Waals surface area (Å²) in [5.41, 5.74) is 0.631. The normalized spacial score (nSPS) is 15.6. The van der Waals surface area contributed by atoms with Gasteiger partial charge < -0.3 is 14.6 Å². The van der Waals surface area contributed by atoms with Gasteiger partial charge in [0.15, 0.2) is 11.5 Å². The Balaban J connectivity index is 2.48. The molecule has 1 aromatic rings. The smallest absolute Gasteiger partial charge is 0.343 e. The Kier molecular flexibility index (Phi) is 4.44. The van der Waals surface area contributed by atoms with Crippen LogP contribution in [0.25, 0.3) is 6.08 Å². The van der Waals surface area contributed by atoms with Gasteiger partial charge in [-0.15, -0.1) is 0 Å². The monoisotopic (exact) mass is 318 g/mol. The number of carbonyl (C=O) groups excluding carboxylic acids is 1. The van der Waals surface area contributed by atoms with E-state index in [4.69, 9.17) is 4.74 Å². The zero-order chi connectivity index (χ0) is 17.1. The van der Waals surface area contributed by atoms with Crippen LogP contribution in [0.1, 0.15) is 12.5 Å². The fourth-order valence-corrected chi connectivity index (χ4v) is 2.13. The van der Waals surface area contributed by atoms with Crippen LogP contribution in [0.2, 0.25) is 0 Å². The van der Waals surface area contributed by atoms with E-state index in [-0.39, 0.29) is 28.5 Å². The molecule has 0 radical (unpaired) electrons.